The highest BCUT2D eigenvalue weighted by Crippen LogP contribution is 2.31. The van der Waals surface area contributed by atoms with Crippen molar-refractivity contribution >= 4 is 34.7 Å². The molecular formula is C21H31N5OS. The molecule has 0 saturated carbocycles. The SMILES string of the molecule is C/C=C(\C=C/C(C)NC(N)=O)SN(C)c1ccc2c(c1)nc(C(C)(C)C)n2C. The zero-order chi connectivity index (χ0) is 21.1. The highest BCUT2D eigenvalue weighted by molar-refractivity contribution is 8.04. The number of amides is 2. The first-order valence-electron chi connectivity index (χ1n) is 9.32. The monoisotopic (exact) mass is 401 g/mol. The van der Waals surface area contributed by atoms with Gasteiger partial charge in [0, 0.05) is 36.1 Å². The number of allylic oxidation sites excluding steroid dienone is 2. The number of nitrogens with two attached hydrogens (primary N) is 1. The molecule has 3 N–H and O–H groups in total. The summed E-state index contributed by atoms with van der Waals surface area (Å²) in [5.41, 5.74) is 8.35. The Bertz CT molecular complexity index is 907. The molecule has 0 aliphatic heterocycles. The predicted octanol–water partition coefficient (Wildman–Crippen LogP) is 4.47. The molecule has 152 valence electrons. The summed E-state index contributed by atoms with van der Waals surface area (Å²) in [5, 5.41) is 2.64. The highest BCUT2D eigenvalue weighted by Gasteiger charge is 2.21. The van der Waals surface area contributed by atoms with Gasteiger partial charge in [-0.05, 0) is 50.1 Å². The topological polar surface area (TPSA) is 76.2 Å². The van der Waals surface area contributed by atoms with Crippen molar-refractivity contribution in [1.82, 2.24) is 14.9 Å². The second kappa shape index (κ2) is 8.73. The number of nitrogens with zero attached hydrogens (tertiary/aromatic N) is 3. The van der Waals surface area contributed by atoms with E-state index >= 15 is 0 Å². The fourth-order valence-electron chi connectivity index (χ4n) is 2.96. The molecule has 0 spiro atoms. The smallest absolute Gasteiger partial charge is 0.312 e. The van der Waals surface area contributed by atoms with Gasteiger partial charge in [0.15, 0.2) is 0 Å². The molecule has 1 unspecified atom stereocenters. The third kappa shape index (κ3) is 5.32. The molecule has 0 bridgehead atoms. The number of anilines is 1. The number of urea groups is 1. The molecule has 2 aromatic rings. The number of fused-ring (bicyclic) bond motifs is 1. The van der Waals surface area contributed by atoms with Gasteiger partial charge in [0.25, 0.3) is 0 Å². The van der Waals surface area contributed by atoms with Gasteiger partial charge in [0.1, 0.15) is 5.82 Å². The molecular weight excluding hydrogens is 370 g/mol. The Morgan fingerprint density at radius 2 is 2.07 bits per heavy atom. The molecule has 28 heavy (non-hydrogen) atoms. The predicted molar refractivity (Wildman–Crippen MR) is 120 cm³/mol. The van der Waals surface area contributed by atoms with Crippen LogP contribution in [0.15, 0.2) is 41.3 Å². The van der Waals surface area contributed by atoms with Crippen molar-refractivity contribution in [2.75, 3.05) is 11.4 Å². The third-order valence-corrected chi connectivity index (χ3v) is 5.41. The molecule has 2 rings (SSSR count). The van der Waals surface area contributed by atoms with Gasteiger partial charge >= 0.3 is 6.03 Å². The Hall–Kier alpha value is -2.41. The lowest BCUT2D eigenvalue weighted by Crippen LogP contribution is -2.35. The van der Waals surface area contributed by atoms with Crippen LogP contribution in [0.25, 0.3) is 11.0 Å². The number of imidazole rings is 1. The standard InChI is InChI=1S/C21H31N5OS/c1-8-16(11-9-14(2)23-20(22)27)28-26(7)15-10-12-18-17(13-15)24-19(25(18)6)21(3,4)5/h8-14H,1-7H3,(H3,22,23,27)/b11-9-,16-8+. The molecule has 0 radical (unpaired) electrons. The van der Waals surface area contributed by atoms with Crippen LogP contribution in [0.5, 0.6) is 0 Å². The zero-order valence-electron chi connectivity index (χ0n) is 17.8. The van der Waals surface area contributed by atoms with Crippen molar-refractivity contribution in [3.63, 3.8) is 0 Å². The van der Waals surface area contributed by atoms with Gasteiger partial charge < -0.3 is 19.9 Å². The van der Waals surface area contributed by atoms with Crippen LogP contribution in [0.3, 0.4) is 0 Å². The van der Waals surface area contributed by atoms with E-state index in [2.05, 4.69) is 60.2 Å². The second-order valence-corrected chi connectivity index (χ2v) is 9.06. The number of aromatic nitrogens is 2. The summed E-state index contributed by atoms with van der Waals surface area (Å²) in [6.45, 7) is 10.4. The van der Waals surface area contributed by atoms with Crippen LogP contribution in [-0.2, 0) is 12.5 Å². The third-order valence-electron chi connectivity index (χ3n) is 4.34. The first-order valence-corrected chi connectivity index (χ1v) is 10.1. The van der Waals surface area contributed by atoms with E-state index in [0.717, 1.165) is 27.5 Å². The van der Waals surface area contributed by atoms with Crippen LogP contribution < -0.4 is 15.4 Å². The largest absolute Gasteiger partial charge is 0.352 e. The van der Waals surface area contributed by atoms with Gasteiger partial charge in [0.2, 0.25) is 0 Å². The lowest BCUT2D eigenvalue weighted by Gasteiger charge is -2.18. The molecule has 0 aliphatic carbocycles. The maximum absolute atomic E-state index is 10.9. The fraction of sp³-hybridized carbons (Fsp3) is 0.429. The molecule has 1 aromatic carbocycles. The van der Waals surface area contributed by atoms with Gasteiger partial charge in [-0.1, -0.05) is 32.9 Å². The lowest BCUT2D eigenvalue weighted by atomic mass is 9.96. The van der Waals surface area contributed by atoms with Crippen molar-refractivity contribution < 1.29 is 4.79 Å². The number of carbonyl (C=O) groups is 1. The molecule has 1 aromatic heterocycles. The van der Waals surface area contributed by atoms with Crippen LogP contribution in [0.4, 0.5) is 10.5 Å². The first-order chi connectivity index (χ1) is 13.0. The van der Waals surface area contributed by atoms with Crippen LogP contribution >= 0.6 is 11.9 Å². The number of primary amides is 1. The summed E-state index contributed by atoms with van der Waals surface area (Å²) in [5.74, 6) is 1.07. The summed E-state index contributed by atoms with van der Waals surface area (Å²) in [6.07, 6.45) is 5.93. The van der Waals surface area contributed by atoms with Crippen molar-refractivity contribution in [2.24, 2.45) is 12.8 Å². The number of hydrogen-bond donors (Lipinski definition) is 2. The number of aryl methyl sites for hydroxylation is 1. The Balaban J connectivity index is 2.19. The number of nitrogens with one attached hydrogen (secondary N) is 1. The van der Waals surface area contributed by atoms with E-state index in [4.69, 9.17) is 10.7 Å². The fourth-order valence-corrected chi connectivity index (χ4v) is 3.74. The van der Waals surface area contributed by atoms with Crippen molar-refractivity contribution in [3.05, 3.63) is 47.2 Å². The minimum Gasteiger partial charge on any atom is -0.352 e. The molecule has 2 amide bonds. The maximum Gasteiger partial charge on any atom is 0.312 e. The number of hydrogen-bond acceptors (Lipinski definition) is 4. The summed E-state index contributed by atoms with van der Waals surface area (Å²) in [4.78, 5) is 16.8. The van der Waals surface area contributed by atoms with Gasteiger partial charge in [-0.2, -0.15) is 0 Å². The molecule has 7 heteroatoms. The van der Waals surface area contributed by atoms with Crippen LogP contribution in [0.2, 0.25) is 0 Å². The van der Waals surface area contributed by atoms with Crippen LogP contribution in [0, 0.1) is 0 Å². The molecule has 0 saturated heterocycles. The van der Waals surface area contributed by atoms with E-state index in [-0.39, 0.29) is 11.5 Å². The van der Waals surface area contributed by atoms with E-state index in [1.165, 1.54) is 0 Å². The average Bonchev–Trinajstić information content (AvgIpc) is 2.94. The Kier molecular flexibility index (Phi) is 6.82. The molecule has 1 atom stereocenters. The maximum atomic E-state index is 10.9. The van der Waals surface area contributed by atoms with Gasteiger partial charge in [0.05, 0.1) is 11.0 Å². The minimum atomic E-state index is -0.526. The van der Waals surface area contributed by atoms with E-state index in [1.807, 2.05) is 39.1 Å². The van der Waals surface area contributed by atoms with Crippen LogP contribution in [-0.4, -0.2) is 28.7 Å². The minimum absolute atomic E-state index is 0.00681. The van der Waals surface area contributed by atoms with Crippen molar-refractivity contribution in [1.29, 1.82) is 0 Å². The Morgan fingerprint density at radius 1 is 1.39 bits per heavy atom. The summed E-state index contributed by atoms with van der Waals surface area (Å²) >= 11 is 1.61. The summed E-state index contributed by atoms with van der Waals surface area (Å²) < 4.78 is 4.27. The van der Waals surface area contributed by atoms with Crippen molar-refractivity contribution in [2.45, 2.75) is 46.1 Å². The van der Waals surface area contributed by atoms with Crippen molar-refractivity contribution in [3.8, 4) is 0 Å². The zero-order valence-corrected chi connectivity index (χ0v) is 18.6. The molecule has 0 fully saturated rings. The van der Waals surface area contributed by atoms with Crippen LogP contribution in [0.1, 0.15) is 40.4 Å². The molecule has 0 aliphatic rings. The second-order valence-electron chi connectivity index (χ2n) is 7.85. The molecule has 6 nitrogen and oxygen atoms in total. The highest BCUT2D eigenvalue weighted by atomic mass is 32.2. The normalized spacial score (nSPS) is 13.9. The first kappa shape index (κ1) is 21.9. The van der Waals surface area contributed by atoms with E-state index in [1.54, 1.807) is 11.9 Å². The lowest BCUT2D eigenvalue weighted by molar-refractivity contribution is 0.247. The molecule has 1 heterocycles. The Labute approximate surface area is 172 Å². The van der Waals surface area contributed by atoms with E-state index in [0.29, 0.717) is 0 Å². The summed E-state index contributed by atoms with van der Waals surface area (Å²) in [7, 11) is 4.10. The number of carbonyl (C=O) groups excluding carboxylic acids is 1. The summed E-state index contributed by atoms with van der Waals surface area (Å²) in [6, 6.07) is 5.69. The van der Waals surface area contributed by atoms with Gasteiger partial charge in [-0.15, -0.1) is 0 Å². The number of benzene rings is 1. The number of rotatable bonds is 6. The van der Waals surface area contributed by atoms with Gasteiger partial charge in [-0.3, -0.25) is 0 Å². The van der Waals surface area contributed by atoms with E-state index in [9.17, 15) is 4.79 Å². The quantitative estimate of drug-likeness (QED) is 0.553. The van der Waals surface area contributed by atoms with E-state index < -0.39 is 6.03 Å². The van der Waals surface area contributed by atoms with Gasteiger partial charge in [-0.25, -0.2) is 9.78 Å². The Morgan fingerprint density at radius 3 is 2.64 bits per heavy atom. The average molecular weight is 402 g/mol.